The summed E-state index contributed by atoms with van der Waals surface area (Å²) >= 11 is 0. The molecule has 0 heterocycles. The highest BCUT2D eigenvalue weighted by molar-refractivity contribution is 6.07. The molecule has 6 nitrogen and oxygen atoms in total. The van der Waals surface area contributed by atoms with Gasteiger partial charge in [-0.1, -0.05) is 0 Å². The second kappa shape index (κ2) is 5.87. The van der Waals surface area contributed by atoms with E-state index in [1.54, 1.807) is 41.5 Å². The maximum Gasteiger partial charge on any atom is 0.343 e. The van der Waals surface area contributed by atoms with Gasteiger partial charge in [0.05, 0.1) is 0 Å². The average Bonchev–Trinajstić information content (AvgIpc) is 2.26. The van der Waals surface area contributed by atoms with Gasteiger partial charge in [-0.05, 0) is 53.7 Å². The smallest absolute Gasteiger partial charge is 0.343 e. The minimum atomic E-state index is -0.915. The summed E-state index contributed by atoms with van der Waals surface area (Å²) in [5, 5.41) is 19.8. The number of hydrogen-bond donors (Lipinski definition) is 2. The molecule has 0 aromatic heterocycles. The van der Waals surface area contributed by atoms with Crippen molar-refractivity contribution in [2.75, 3.05) is 0 Å². The van der Waals surface area contributed by atoms with Crippen molar-refractivity contribution in [3.05, 3.63) is 23.3 Å². The van der Waals surface area contributed by atoms with Crippen molar-refractivity contribution < 1.29 is 29.3 Å². The number of benzene rings is 1. The molecule has 1 aromatic carbocycles. The molecular formula is C16H22O6. The summed E-state index contributed by atoms with van der Waals surface area (Å²) in [4.78, 5) is 24.4. The van der Waals surface area contributed by atoms with E-state index < -0.39 is 45.8 Å². The highest BCUT2D eigenvalue weighted by Crippen LogP contribution is 2.32. The zero-order valence-electron chi connectivity index (χ0n) is 13.7. The highest BCUT2D eigenvalue weighted by atomic mass is 16.6. The average molecular weight is 310 g/mol. The molecule has 0 saturated heterocycles. The Kier molecular flexibility index (Phi) is 4.75. The SMILES string of the molecule is CC(C)(C)OC(=O)c1c(O)ccc(O)c1C(=O)OC(C)(C)C. The minimum absolute atomic E-state index is 0.413. The largest absolute Gasteiger partial charge is 0.507 e. The van der Waals surface area contributed by atoms with Crippen LogP contribution in [0.1, 0.15) is 62.3 Å². The molecule has 1 aromatic rings. The van der Waals surface area contributed by atoms with E-state index in [1.165, 1.54) is 0 Å². The molecule has 0 fully saturated rings. The summed E-state index contributed by atoms with van der Waals surface area (Å²) in [6, 6.07) is 2.23. The summed E-state index contributed by atoms with van der Waals surface area (Å²) in [6.07, 6.45) is 0. The van der Waals surface area contributed by atoms with Crippen LogP contribution in [0.4, 0.5) is 0 Å². The Morgan fingerprint density at radius 1 is 0.773 bits per heavy atom. The van der Waals surface area contributed by atoms with Gasteiger partial charge in [0.15, 0.2) is 0 Å². The van der Waals surface area contributed by atoms with Gasteiger partial charge in [0.2, 0.25) is 0 Å². The number of phenols is 2. The molecule has 0 atom stereocenters. The van der Waals surface area contributed by atoms with Gasteiger partial charge in [0.1, 0.15) is 33.8 Å². The van der Waals surface area contributed by atoms with E-state index in [0.29, 0.717) is 0 Å². The fourth-order valence-corrected chi connectivity index (χ4v) is 1.65. The van der Waals surface area contributed by atoms with Gasteiger partial charge < -0.3 is 19.7 Å². The van der Waals surface area contributed by atoms with E-state index in [0.717, 1.165) is 12.1 Å². The van der Waals surface area contributed by atoms with Crippen molar-refractivity contribution in [1.82, 2.24) is 0 Å². The molecule has 0 bridgehead atoms. The van der Waals surface area contributed by atoms with Crippen LogP contribution < -0.4 is 0 Å². The van der Waals surface area contributed by atoms with Crippen LogP contribution in [0.3, 0.4) is 0 Å². The third-order valence-corrected chi connectivity index (χ3v) is 2.37. The maximum atomic E-state index is 12.2. The zero-order chi connectivity index (χ0) is 17.3. The van der Waals surface area contributed by atoms with Crippen LogP contribution >= 0.6 is 0 Å². The minimum Gasteiger partial charge on any atom is -0.507 e. The molecule has 0 aliphatic heterocycles. The molecule has 6 heteroatoms. The van der Waals surface area contributed by atoms with Gasteiger partial charge in [-0.15, -0.1) is 0 Å². The Labute approximate surface area is 129 Å². The Bertz CT molecular complexity index is 537. The number of esters is 2. The second-order valence-electron chi connectivity index (χ2n) is 6.86. The fourth-order valence-electron chi connectivity index (χ4n) is 1.65. The van der Waals surface area contributed by atoms with Crippen LogP contribution in [0.5, 0.6) is 11.5 Å². The molecule has 2 N–H and O–H groups in total. The van der Waals surface area contributed by atoms with Crippen molar-refractivity contribution in [1.29, 1.82) is 0 Å². The molecule has 0 spiro atoms. The van der Waals surface area contributed by atoms with Gasteiger partial charge in [-0.2, -0.15) is 0 Å². The number of rotatable bonds is 2. The highest BCUT2D eigenvalue weighted by Gasteiger charge is 2.31. The van der Waals surface area contributed by atoms with Crippen LogP contribution in [-0.4, -0.2) is 33.4 Å². The van der Waals surface area contributed by atoms with E-state index in [9.17, 15) is 19.8 Å². The van der Waals surface area contributed by atoms with Crippen LogP contribution in [0.15, 0.2) is 12.1 Å². The first-order valence-corrected chi connectivity index (χ1v) is 6.83. The second-order valence-corrected chi connectivity index (χ2v) is 6.86. The van der Waals surface area contributed by atoms with Crippen molar-refractivity contribution >= 4 is 11.9 Å². The third-order valence-electron chi connectivity index (χ3n) is 2.37. The summed E-state index contributed by atoms with van der Waals surface area (Å²) in [6.45, 7) is 9.90. The van der Waals surface area contributed by atoms with E-state index in [2.05, 4.69) is 0 Å². The Balaban J connectivity index is 3.36. The third kappa shape index (κ3) is 4.65. The quantitative estimate of drug-likeness (QED) is 0.644. The molecule has 0 aliphatic carbocycles. The molecule has 0 amide bonds. The number of carbonyl (C=O) groups excluding carboxylic acids is 2. The lowest BCUT2D eigenvalue weighted by Crippen LogP contribution is -2.28. The molecule has 1 rings (SSSR count). The van der Waals surface area contributed by atoms with Gasteiger partial charge >= 0.3 is 11.9 Å². The maximum absolute atomic E-state index is 12.2. The molecule has 0 radical (unpaired) electrons. The topological polar surface area (TPSA) is 93.1 Å². The van der Waals surface area contributed by atoms with E-state index >= 15 is 0 Å². The van der Waals surface area contributed by atoms with Crippen LogP contribution in [-0.2, 0) is 9.47 Å². The van der Waals surface area contributed by atoms with Gasteiger partial charge in [0.25, 0.3) is 0 Å². The van der Waals surface area contributed by atoms with E-state index in [1.807, 2.05) is 0 Å². The van der Waals surface area contributed by atoms with Crippen molar-refractivity contribution in [3.8, 4) is 11.5 Å². The molecular weight excluding hydrogens is 288 g/mol. The summed E-state index contributed by atoms with van der Waals surface area (Å²) in [5.41, 5.74) is -2.46. The number of ether oxygens (including phenoxy) is 2. The summed E-state index contributed by atoms with van der Waals surface area (Å²) in [7, 11) is 0. The fraction of sp³-hybridized carbons (Fsp3) is 0.500. The van der Waals surface area contributed by atoms with Crippen LogP contribution in [0.2, 0.25) is 0 Å². The summed E-state index contributed by atoms with van der Waals surface area (Å²) < 4.78 is 10.3. The zero-order valence-corrected chi connectivity index (χ0v) is 13.7. The number of aromatic hydroxyl groups is 2. The monoisotopic (exact) mass is 310 g/mol. The van der Waals surface area contributed by atoms with E-state index in [-0.39, 0.29) is 0 Å². The normalized spacial score (nSPS) is 11.9. The number of phenolic OH excluding ortho intramolecular Hbond substituents is 2. The first-order valence-electron chi connectivity index (χ1n) is 6.83. The lowest BCUT2D eigenvalue weighted by atomic mass is 10.0. The predicted molar refractivity (Wildman–Crippen MR) is 80.1 cm³/mol. The van der Waals surface area contributed by atoms with E-state index in [4.69, 9.17) is 9.47 Å². The van der Waals surface area contributed by atoms with Crippen molar-refractivity contribution in [3.63, 3.8) is 0 Å². The van der Waals surface area contributed by atoms with Gasteiger partial charge in [-0.3, -0.25) is 0 Å². The Morgan fingerprint density at radius 3 is 1.27 bits per heavy atom. The lowest BCUT2D eigenvalue weighted by molar-refractivity contribution is 0.00134. The number of carbonyl (C=O) groups is 2. The Morgan fingerprint density at radius 2 is 1.05 bits per heavy atom. The van der Waals surface area contributed by atoms with Crippen molar-refractivity contribution in [2.45, 2.75) is 52.7 Å². The van der Waals surface area contributed by atoms with Crippen LogP contribution in [0, 0.1) is 0 Å². The number of hydrogen-bond acceptors (Lipinski definition) is 6. The molecule has 0 unspecified atom stereocenters. The molecule has 122 valence electrons. The lowest BCUT2D eigenvalue weighted by Gasteiger charge is -2.23. The molecule has 22 heavy (non-hydrogen) atoms. The first-order chi connectivity index (χ1) is 9.82. The first kappa shape index (κ1) is 17.8. The molecule has 0 saturated carbocycles. The van der Waals surface area contributed by atoms with Gasteiger partial charge in [-0.25, -0.2) is 9.59 Å². The van der Waals surface area contributed by atoms with Crippen molar-refractivity contribution in [2.24, 2.45) is 0 Å². The molecule has 0 aliphatic rings. The predicted octanol–water partition coefficient (Wildman–Crippen LogP) is 3.01. The standard InChI is InChI=1S/C16H22O6/c1-15(2,3)21-13(19)11-9(17)7-8-10(18)12(11)14(20)22-16(4,5)6/h7-8,17-18H,1-6H3. The van der Waals surface area contributed by atoms with Gasteiger partial charge in [0, 0.05) is 0 Å². The van der Waals surface area contributed by atoms with Crippen LogP contribution in [0.25, 0.3) is 0 Å². The Hall–Kier alpha value is -2.24. The summed E-state index contributed by atoms with van der Waals surface area (Å²) in [5.74, 6) is -2.76.